The highest BCUT2D eigenvalue weighted by Crippen LogP contribution is 2.23. The summed E-state index contributed by atoms with van der Waals surface area (Å²) >= 11 is 0. The number of carbonyl (C=O) groups excluding carboxylic acids is 5. The molecule has 1 aliphatic rings. The summed E-state index contributed by atoms with van der Waals surface area (Å²) in [6, 6.07) is 18.5. The minimum atomic E-state index is -1.33. The molecule has 1 aliphatic heterocycles. The van der Waals surface area contributed by atoms with Crippen LogP contribution in [0.4, 0.5) is 4.39 Å². The number of hydrogen-bond donors (Lipinski definition) is 5. The maximum absolute atomic E-state index is 13.7. The van der Waals surface area contributed by atoms with E-state index in [1.807, 2.05) is 58.0 Å². The van der Waals surface area contributed by atoms with E-state index < -0.39 is 53.6 Å². The number of para-hydroxylation sites is 1. The second-order valence-electron chi connectivity index (χ2n) is 13.8. The zero-order valence-corrected chi connectivity index (χ0v) is 29.6. The Morgan fingerprint density at radius 3 is 2.27 bits per heavy atom. The van der Waals surface area contributed by atoms with Gasteiger partial charge in [0, 0.05) is 24.9 Å². The summed E-state index contributed by atoms with van der Waals surface area (Å²) in [5.74, 6) is -2.95. The van der Waals surface area contributed by atoms with E-state index in [0.717, 1.165) is 11.1 Å². The average Bonchev–Trinajstić information content (AvgIpc) is 3.09. The molecule has 0 spiro atoms. The van der Waals surface area contributed by atoms with Crippen LogP contribution in [-0.4, -0.2) is 67.4 Å². The van der Waals surface area contributed by atoms with Gasteiger partial charge in [-0.1, -0.05) is 82.3 Å². The van der Waals surface area contributed by atoms with E-state index in [1.54, 1.807) is 36.4 Å². The molecule has 1 heterocycles. The molecule has 0 unspecified atom stereocenters. The normalized spacial score (nSPS) is 19.6. The maximum atomic E-state index is 13.7. The van der Waals surface area contributed by atoms with E-state index in [-0.39, 0.29) is 61.5 Å². The number of benzene rings is 3. The third kappa shape index (κ3) is 11.7. The molecule has 12 heteroatoms. The van der Waals surface area contributed by atoms with Crippen molar-refractivity contribution in [2.24, 2.45) is 5.92 Å². The SMILES string of the molecule is CC(C)C[C@H]1NC(=O)C[C@@H](C(=O)NCC(C)(C)c2ccc(F)cc2)NC(=O)c2ccccc2OCCCNC(=O)[C@H](Cc2ccccc2)NC1=O. The van der Waals surface area contributed by atoms with Gasteiger partial charge in [-0.3, -0.25) is 24.0 Å². The van der Waals surface area contributed by atoms with Crippen LogP contribution in [0, 0.1) is 11.7 Å². The summed E-state index contributed by atoms with van der Waals surface area (Å²) in [4.78, 5) is 68.0. The van der Waals surface area contributed by atoms with Crippen molar-refractivity contribution in [2.75, 3.05) is 19.7 Å². The predicted molar refractivity (Wildman–Crippen MR) is 191 cm³/mol. The van der Waals surface area contributed by atoms with E-state index >= 15 is 0 Å². The van der Waals surface area contributed by atoms with Crippen LogP contribution in [0.15, 0.2) is 78.9 Å². The van der Waals surface area contributed by atoms with Crippen molar-refractivity contribution >= 4 is 29.5 Å². The van der Waals surface area contributed by atoms with Gasteiger partial charge in [0.1, 0.15) is 29.7 Å². The third-order valence-electron chi connectivity index (χ3n) is 8.63. The molecule has 0 aromatic heterocycles. The molecule has 5 N–H and O–H groups in total. The summed E-state index contributed by atoms with van der Waals surface area (Å²) in [6.07, 6.45) is 0.423. The van der Waals surface area contributed by atoms with Gasteiger partial charge in [0.15, 0.2) is 0 Å². The lowest BCUT2D eigenvalue weighted by molar-refractivity contribution is -0.133. The largest absolute Gasteiger partial charge is 0.493 e. The fourth-order valence-corrected chi connectivity index (χ4v) is 5.72. The number of nitrogens with one attached hydrogen (secondary N) is 5. The Bertz CT molecular complexity index is 1660. The first-order chi connectivity index (χ1) is 24.3. The van der Waals surface area contributed by atoms with E-state index in [4.69, 9.17) is 4.74 Å². The number of fused-ring (bicyclic) bond motifs is 1. The Balaban J connectivity index is 1.61. The Morgan fingerprint density at radius 1 is 0.882 bits per heavy atom. The van der Waals surface area contributed by atoms with E-state index in [0.29, 0.717) is 6.42 Å². The van der Waals surface area contributed by atoms with Crippen molar-refractivity contribution in [1.29, 1.82) is 0 Å². The lowest BCUT2D eigenvalue weighted by Crippen LogP contribution is -2.56. The van der Waals surface area contributed by atoms with Gasteiger partial charge in [0.05, 0.1) is 18.6 Å². The van der Waals surface area contributed by atoms with Crippen LogP contribution >= 0.6 is 0 Å². The van der Waals surface area contributed by atoms with Crippen LogP contribution in [0.1, 0.15) is 68.4 Å². The van der Waals surface area contributed by atoms with Crippen LogP contribution < -0.4 is 31.3 Å². The maximum Gasteiger partial charge on any atom is 0.255 e. The second kappa shape index (κ2) is 18.1. The van der Waals surface area contributed by atoms with Crippen LogP contribution in [0.3, 0.4) is 0 Å². The topological polar surface area (TPSA) is 155 Å². The molecule has 0 saturated carbocycles. The van der Waals surface area contributed by atoms with Crippen molar-refractivity contribution in [3.05, 3.63) is 101 Å². The number of carbonyl (C=O) groups is 5. The Kier molecular flexibility index (Phi) is 13.7. The van der Waals surface area contributed by atoms with Gasteiger partial charge in [-0.25, -0.2) is 4.39 Å². The molecule has 5 amide bonds. The first kappa shape index (κ1) is 38.5. The number of halogens is 1. The first-order valence-corrected chi connectivity index (χ1v) is 17.3. The van der Waals surface area contributed by atoms with Gasteiger partial charge < -0.3 is 31.3 Å². The van der Waals surface area contributed by atoms with Crippen molar-refractivity contribution in [1.82, 2.24) is 26.6 Å². The monoisotopic (exact) mass is 701 g/mol. The molecular weight excluding hydrogens is 653 g/mol. The van der Waals surface area contributed by atoms with Crippen molar-refractivity contribution < 1.29 is 33.1 Å². The molecule has 4 rings (SSSR count). The van der Waals surface area contributed by atoms with Gasteiger partial charge >= 0.3 is 0 Å². The van der Waals surface area contributed by atoms with E-state index in [9.17, 15) is 28.4 Å². The molecule has 272 valence electrons. The highest BCUT2D eigenvalue weighted by molar-refractivity contribution is 6.01. The quantitative estimate of drug-likeness (QED) is 0.242. The van der Waals surface area contributed by atoms with Gasteiger partial charge in [-0.2, -0.15) is 0 Å². The first-order valence-electron chi connectivity index (χ1n) is 17.3. The molecule has 3 aromatic rings. The molecule has 51 heavy (non-hydrogen) atoms. The Labute approximate surface area is 298 Å². The van der Waals surface area contributed by atoms with Crippen LogP contribution in [0.25, 0.3) is 0 Å². The van der Waals surface area contributed by atoms with Crippen molar-refractivity contribution in [3.63, 3.8) is 0 Å². The standard InChI is InChI=1S/C39H48FN5O6/c1-25(2)21-30-38(50)45-31(22-26-11-6-5-7-12-26)36(48)41-19-10-20-51-33-14-9-8-13-29(33)35(47)44-32(23-34(46)43-30)37(49)42-24-39(3,4)27-15-17-28(40)18-16-27/h5-9,11-18,25,30-32H,10,19-24H2,1-4H3,(H,41,48)(H,42,49)(H,43,46)(H,44,47)(H,45,50)/t30-,31+,32+/m1/s1. The molecule has 0 radical (unpaired) electrons. The zero-order valence-electron chi connectivity index (χ0n) is 29.6. The van der Waals surface area contributed by atoms with Crippen molar-refractivity contribution in [2.45, 2.75) is 76.9 Å². The molecule has 3 atom stereocenters. The van der Waals surface area contributed by atoms with E-state index in [2.05, 4.69) is 26.6 Å². The minimum Gasteiger partial charge on any atom is -0.493 e. The second-order valence-corrected chi connectivity index (χ2v) is 13.8. The van der Waals surface area contributed by atoms with Gasteiger partial charge in [-0.05, 0) is 54.2 Å². The number of ether oxygens (including phenoxy) is 1. The highest BCUT2D eigenvalue weighted by atomic mass is 19.1. The zero-order chi connectivity index (χ0) is 37.0. The molecule has 0 fully saturated rings. The van der Waals surface area contributed by atoms with Gasteiger partial charge in [0.2, 0.25) is 23.6 Å². The number of hydrogen-bond acceptors (Lipinski definition) is 6. The summed E-state index contributed by atoms with van der Waals surface area (Å²) in [7, 11) is 0. The number of rotatable bonds is 8. The fourth-order valence-electron chi connectivity index (χ4n) is 5.72. The number of amides is 5. The molecule has 0 bridgehead atoms. The van der Waals surface area contributed by atoms with Crippen LogP contribution in [-0.2, 0) is 31.0 Å². The van der Waals surface area contributed by atoms with Gasteiger partial charge in [-0.15, -0.1) is 0 Å². The predicted octanol–water partition coefficient (Wildman–Crippen LogP) is 3.57. The highest BCUT2D eigenvalue weighted by Gasteiger charge is 2.32. The lowest BCUT2D eigenvalue weighted by Gasteiger charge is -2.28. The molecule has 3 aromatic carbocycles. The smallest absolute Gasteiger partial charge is 0.255 e. The summed E-state index contributed by atoms with van der Waals surface area (Å²) in [6.45, 7) is 8.09. The van der Waals surface area contributed by atoms with Gasteiger partial charge in [0.25, 0.3) is 5.91 Å². The molecular formula is C39H48FN5O6. The van der Waals surface area contributed by atoms with Crippen molar-refractivity contribution in [3.8, 4) is 5.75 Å². The minimum absolute atomic E-state index is 0.00991. The Morgan fingerprint density at radius 2 is 1.57 bits per heavy atom. The molecule has 0 saturated heterocycles. The summed E-state index contributed by atoms with van der Waals surface area (Å²) < 4.78 is 19.5. The van der Waals surface area contributed by atoms with Crippen LogP contribution in [0.5, 0.6) is 5.75 Å². The fraction of sp³-hybridized carbons (Fsp3) is 0.410. The summed E-state index contributed by atoms with van der Waals surface area (Å²) in [5.41, 5.74) is 1.17. The molecule has 11 nitrogen and oxygen atoms in total. The third-order valence-corrected chi connectivity index (χ3v) is 8.63. The summed E-state index contributed by atoms with van der Waals surface area (Å²) in [5, 5.41) is 14.0. The molecule has 0 aliphatic carbocycles. The Hall–Kier alpha value is -5.26. The average molecular weight is 702 g/mol. The van der Waals surface area contributed by atoms with E-state index in [1.165, 1.54) is 12.1 Å². The lowest BCUT2D eigenvalue weighted by atomic mass is 9.84. The van der Waals surface area contributed by atoms with Crippen LogP contribution in [0.2, 0.25) is 0 Å².